The molecule has 1 saturated heterocycles. The third-order valence-corrected chi connectivity index (χ3v) is 7.29. The molecule has 0 bridgehead atoms. The highest BCUT2D eigenvalue weighted by atomic mass is 32.2. The fraction of sp³-hybridized carbons (Fsp3) is 0.458. The summed E-state index contributed by atoms with van der Waals surface area (Å²) in [4.78, 5) is 12.7. The van der Waals surface area contributed by atoms with Crippen LogP contribution in [0, 0.1) is 0 Å². The summed E-state index contributed by atoms with van der Waals surface area (Å²) in [6.45, 7) is 6.06. The van der Waals surface area contributed by atoms with Crippen LogP contribution in [0.5, 0.6) is 11.5 Å². The average Bonchev–Trinajstić information content (AvgIpc) is 2.86. The number of morpholine rings is 1. The Kier molecular flexibility index (Phi) is 9.11. The minimum atomic E-state index is -3.53. The van der Waals surface area contributed by atoms with Gasteiger partial charge in [0.15, 0.2) is 6.10 Å². The first-order chi connectivity index (χ1) is 15.9. The van der Waals surface area contributed by atoms with E-state index in [2.05, 4.69) is 12.2 Å². The number of carbonyl (C=O) groups is 1. The molecule has 2 aromatic rings. The van der Waals surface area contributed by atoms with Crippen LogP contribution >= 0.6 is 0 Å². The lowest BCUT2D eigenvalue weighted by molar-refractivity contribution is -0.128. The van der Waals surface area contributed by atoms with Crippen molar-refractivity contribution in [1.29, 1.82) is 0 Å². The van der Waals surface area contributed by atoms with E-state index < -0.39 is 16.1 Å². The first kappa shape index (κ1) is 25.0. The Morgan fingerprint density at radius 3 is 2.27 bits per heavy atom. The Morgan fingerprint density at radius 2 is 1.67 bits per heavy atom. The van der Waals surface area contributed by atoms with Crippen molar-refractivity contribution in [2.24, 2.45) is 0 Å². The van der Waals surface area contributed by atoms with Crippen molar-refractivity contribution in [3.63, 3.8) is 0 Å². The molecule has 0 aliphatic carbocycles. The molecule has 1 heterocycles. The first-order valence-corrected chi connectivity index (χ1v) is 12.7. The molecule has 8 nitrogen and oxygen atoms in total. The minimum absolute atomic E-state index is 0.201. The molecular formula is C24H32N2O6S. The van der Waals surface area contributed by atoms with Crippen molar-refractivity contribution in [2.45, 2.75) is 37.7 Å². The lowest BCUT2D eigenvalue weighted by Gasteiger charge is -2.26. The number of nitrogens with one attached hydrogen (secondary N) is 1. The molecule has 1 amide bonds. The van der Waals surface area contributed by atoms with Gasteiger partial charge in [0.05, 0.1) is 24.7 Å². The molecule has 0 aromatic heterocycles. The van der Waals surface area contributed by atoms with Crippen LogP contribution in [0.1, 0.15) is 25.8 Å². The van der Waals surface area contributed by atoms with E-state index in [0.29, 0.717) is 50.8 Å². The van der Waals surface area contributed by atoms with Gasteiger partial charge in [-0.15, -0.1) is 0 Å². The topological polar surface area (TPSA) is 94.2 Å². The van der Waals surface area contributed by atoms with Gasteiger partial charge >= 0.3 is 0 Å². The Balaban J connectivity index is 1.44. The van der Waals surface area contributed by atoms with Gasteiger partial charge in [-0.1, -0.05) is 26.0 Å². The standard InChI is InChI=1S/C24H32N2O6S/c1-3-19-5-7-21(8-6-19)32-23(4-2)24(27)25-13-16-31-20-9-11-22(12-10-20)33(28,29)26-14-17-30-18-15-26/h5-12,23H,3-4,13-18H2,1-2H3,(H,25,27)/t23-/m1/s1. The second kappa shape index (κ2) is 12.0. The van der Waals surface area contributed by atoms with E-state index >= 15 is 0 Å². The van der Waals surface area contributed by atoms with Gasteiger partial charge in [0.2, 0.25) is 10.0 Å². The van der Waals surface area contributed by atoms with E-state index in [9.17, 15) is 13.2 Å². The highest BCUT2D eigenvalue weighted by Crippen LogP contribution is 2.20. The van der Waals surface area contributed by atoms with E-state index in [1.165, 1.54) is 22.0 Å². The van der Waals surface area contributed by atoms with Crippen LogP contribution in [0.15, 0.2) is 53.4 Å². The summed E-state index contributed by atoms with van der Waals surface area (Å²) in [5.74, 6) is 0.995. The summed E-state index contributed by atoms with van der Waals surface area (Å²) in [5.41, 5.74) is 1.21. The van der Waals surface area contributed by atoms with Crippen LogP contribution in [-0.2, 0) is 26.0 Å². The molecule has 33 heavy (non-hydrogen) atoms. The van der Waals surface area contributed by atoms with Crippen LogP contribution in [0.25, 0.3) is 0 Å². The van der Waals surface area contributed by atoms with Crippen LogP contribution in [0.4, 0.5) is 0 Å². The maximum Gasteiger partial charge on any atom is 0.261 e. The van der Waals surface area contributed by atoms with Crippen molar-refractivity contribution in [3.8, 4) is 11.5 Å². The monoisotopic (exact) mass is 476 g/mol. The first-order valence-electron chi connectivity index (χ1n) is 11.3. The number of nitrogens with zero attached hydrogens (tertiary/aromatic N) is 1. The molecule has 0 unspecified atom stereocenters. The van der Waals surface area contributed by atoms with Gasteiger partial charge in [-0.25, -0.2) is 8.42 Å². The Morgan fingerprint density at radius 1 is 1.03 bits per heavy atom. The van der Waals surface area contributed by atoms with E-state index in [1.54, 1.807) is 12.1 Å². The van der Waals surface area contributed by atoms with Crippen molar-refractivity contribution in [2.75, 3.05) is 39.5 Å². The average molecular weight is 477 g/mol. The van der Waals surface area contributed by atoms with E-state index in [1.807, 2.05) is 31.2 Å². The second-order valence-electron chi connectivity index (χ2n) is 7.64. The summed E-state index contributed by atoms with van der Waals surface area (Å²) < 4.78 is 43.4. The van der Waals surface area contributed by atoms with E-state index in [-0.39, 0.29) is 17.4 Å². The van der Waals surface area contributed by atoms with Gasteiger partial charge in [-0.2, -0.15) is 4.31 Å². The summed E-state index contributed by atoms with van der Waals surface area (Å²) >= 11 is 0. The van der Waals surface area contributed by atoms with E-state index in [0.717, 1.165) is 6.42 Å². The van der Waals surface area contributed by atoms with Gasteiger partial charge < -0.3 is 19.5 Å². The maximum absolute atomic E-state index is 12.7. The highest BCUT2D eigenvalue weighted by molar-refractivity contribution is 7.89. The second-order valence-corrected chi connectivity index (χ2v) is 9.58. The van der Waals surface area contributed by atoms with E-state index in [4.69, 9.17) is 14.2 Å². The number of ether oxygens (including phenoxy) is 3. The molecule has 1 atom stereocenters. The number of hydrogen-bond donors (Lipinski definition) is 1. The Labute approximate surface area is 195 Å². The predicted molar refractivity (Wildman–Crippen MR) is 125 cm³/mol. The zero-order chi connectivity index (χ0) is 23.7. The molecule has 9 heteroatoms. The number of sulfonamides is 1. The molecule has 1 aliphatic heterocycles. The summed E-state index contributed by atoms with van der Waals surface area (Å²) in [6, 6.07) is 14.0. The number of amides is 1. The lowest BCUT2D eigenvalue weighted by atomic mass is 10.2. The van der Waals surface area contributed by atoms with Gasteiger partial charge in [0.1, 0.15) is 18.1 Å². The van der Waals surface area contributed by atoms with Crippen LogP contribution in [0.2, 0.25) is 0 Å². The highest BCUT2D eigenvalue weighted by Gasteiger charge is 2.26. The molecular weight excluding hydrogens is 444 g/mol. The molecule has 2 aromatic carbocycles. The molecule has 3 rings (SSSR count). The predicted octanol–water partition coefficient (Wildman–Crippen LogP) is 2.62. The van der Waals surface area contributed by atoms with Crippen molar-refractivity contribution in [3.05, 3.63) is 54.1 Å². The Bertz CT molecular complexity index is 987. The van der Waals surface area contributed by atoms with Crippen LogP contribution in [0.3, 0.4) is 0 Å². The smallest absolute Gasteiger partial charge is 0.261 e. The number of rotatable bonds is 11. The molecule has 1 aliphatic rings. The minimum Gasteiger partial charge on any atom is -0.492 e. The van der Waals surface area contributed by atoms with Crippen molar-refractivity contribution >= 4 is 15.9 Å². The fourth-order valence-corrected chi connectivity index (χ4v) is 4.80. The molecule has 1 N–H and O–H groups in total. The maximum atomic E-state index is 12.7. The normalized spacial score (nSPS) is 15.6. The summed E-state index contributed by atoms with van der Waals surface area (Å²) in [5, 5.41) is 2.82. The molecule has 0 spiro atoms. The summed E-state index contributed by atoms with van der Waals surface area (Å²) in [7, 11) is -3.53. The third-order valence-electron chi connectivity index (χ3n) is 5.37. The van der Waals surface area contributed by atoms with Gasteiger partial charge in [-0.05, 0) is 54.8 Å². The molecule has 0 saturated carbocycles. The van der Waals surface area contributed by atoms with Crippen molar-refractivity contribution < 1.29 is 27.4 Å². The van der Waals surface area contributed by atoms with Gasteiger partial charge in [0.25, 0.3) is 5.91 Å². The van der Waals surface area contributed by atoms with Gasteiger partial charge in [-0.3, -0.25) is 4.79 Å². The number of carbonyl (C=O) groups excluding carboxylic acids is 1. The van der Waals surface area contributed by atoms with Gasteiger partial charge in [0, 0.05) is 13.1 Å². The van der Waals surface area contributed by atoms with Crippen LogP contribution in [-0.4, -0.2) is 64.2 Å². The Hall–Kier alpha value is -2.62. The zero-order valence-electron chi connectivity index (χ0n) is 19.2. The van der Waals surface area contributed by atoms with Crippen molar-refractivity contribution in [1.82, 2.24) is 9.62 Å². The molecule has 1 fully saturated rings. The fourth-order valence-electron chi connectivity index (χ4n) is 3.39. The third kappa shape index (κ3) is 6.93. The quantitative estimate of drug-likeness (QED) is 0.501. The number of aryl methyl sites for hydroxylation is 1. The lowest BCUT2D eigenvalue weighted by Crippen LogP contribution is -2.40. The number of hydrogen-bond acceptors (Lipinski definition) is 6. The molecule has 0 radical (unpaired) electrons. The SMILES string of the molecule is CCc1ccc(O[C@H](CC)C(=O)NCCOc2ccc(S(=O)(=O)N3CCOCC3)cc2)cc1. The zero-order valence-corrected chi connectivity index (χ0v) is 20.0. The largest absolute Gasteiger partial charge is 0.492 e. The number of benzene rings is 2. The summed E-state index contributed by atoms with van der Waals surface area (Å²) in [6.07, 6.45) is 0.910. The van der Waals surface area contributed by atoms with Crippen LogP contribution < -0.4 is 14.8 Å². The molecule has 180 valence electrons.